The Morgan fingerprint density at radius 2 is 1.29 bits per heavy atom. The number of rotatable bonds is 3. The van der Waals surface area contributed by atoms with E-state index in [0.29, 0.717) is 5.71 Å². The fourth-order valence-electron chi connectivity index (χ4n) is 1.54. The lowest BCUT2D eigenvalue weighted by Crippen LogP contribution is -2.03. The van der Waals surface area contributed by atoms with Crippen LogP contribution in [0.1, 0.15) is 11.1 Å². The molecule has 1 unspecified atom stereocenters. The zero-order valence-corrected chi connectivity index (χ0v) is 10.5. The molecule has 0 saturated heterocycles. The molecule has 0 N–H and O–H groups in total. The van der Waals surface area contributed by atoms with Crippen molar-refractivity contribution in [1.82, 2.24) is 0 Å². The molecule has 2 rings (SSSR count). The van der Waals surface area contributed by atoms with Gasteiger partial charge < -0.3 is 0 Å². The molecule has 2 aromatic carbocycles. The van der Waals surface area contributed by atoms with Gasteiger partial charge in [0.15, 0.2) is 0 Å². The summed E-state index contributed by atoms with van der Waals surface area (Å²) in [5.41, 5.74) is 2.43. The average molecular weight is 264 g/mol. The second kappa shape index (κ2) is 5.75. The van der Waals surface area contributed by atoms with E-state index in [1.807, 2.05) is 60.7 Å². The maximum absolute atomic E-state index is 11.1. The molecule has 0 amide bonds. The van der Waals surface area contributed by atoms with Gasteiger partial charge in [-0.2, -0.15) is 4.40 Å². The van der Waals surface area contributed by atoms with E-state index in [2.05, 4.69) is 4.40 Å². The van der Waals surface area contributed by atoms with Crippen LogP contribution in [-0.4, -0.2) is 9.92 Å². The molecule has 0 heterocycles. The Bertz CT molecular complexity index is 498. The molecule has 17 heavy (non-hydrogen) atoms. The maximum atomic E-state index is 11.1. The van der Waals surface area contributed by atoms with Gasteiger partial charge in [0.2, 0.25) is 10.2 Å². The molecular weight excluding hydrogens is 254 g/mol. The van der Waals surface area contributed by atoms with Gasteiger partial charge in [-0.25, -0.2) is 4.21 Å². The summed E-state index contributed by atoms with van der Waals surface area (Å²) < 4.78 is 15.1. The predicted octanol–water partition coefficient (Wildman–Crippen LogP) is 3.34. The Morgan fingerprint density at radius 3 is 1.65 bits per heavy atom. The van der Waals surface area contributed by atoms with Gasteiger partial charge in [-0.1, -0.05) is 60.7 Å². The first-order valence-corrected chi connectivity index (χ1v) is 6.98. The smallest absolute Gasteiger partial charge is 0.217 e. The Hall–Kier alpha value is -1.45. The third kappa shape index (κ3) is 3.25. The molecule has 4 heteroatoms. The lowest BCUT2D eigenvalue weighted by molar-refractivity contribution is 0.692. The van der Waals surface area contributed by atoms with Crippen LogP contribution < -0.4 is 0 Å². The molecule has 0 aliphatic carbocycles. The SMILES string of the molecule is O=S(Cl)N=C(c1ccccc1)c1ccccc1. The quantitative estimate of drug-likeness (QED) is 0.617. The summed E-state index contributed by atoms with van der Waals surface area (Å²) in [6.45, 7) is 0. The van der Waals surface area contributed by atoms with Gasteiger partial charge in [0, 0.05) is 21.8 Å². The number of benzene rings is 2. The fraction of sp³-hybridized carbons (Fsp3) is 0. The highest BCUT2D eigenvalue weighted by Gasteiger charge is 2.07. The van der Waals surface area contributed by atoms with Crippen LogP contribution in [0, 0.1) is 0 Å². The van der Waals surface area contributed by atoms with E-state index in [4.69, 9.17) is 10.7 Å². The normalized spacial score (nSPS) is 11.8. The average Bonchev–Trinajstić information content (AvgIpc) is 2.38. The van der Waals surface area contributed by atoms with Gasteiger partial charge >= 0.3 is 0 Å². The number of nitrogens with zero attached hydrogens (tertiary/aromatic N) is 1. The Kier molecular flexibility index (Phi) is 4.07. The first-order valence-electron chi connectivity index (χ1n) is 5.05. The highest BCUT2D eigenvalue weighted by Crippen LogP contribution is 2.12. The molecular formula is C13H10ClNOS. The van der Waals surface area contributed by atoms with Crippen LogP contribution in [0.2, 0.25) is 0 Å². The summed E-state index contributed by atoms with van der Waals surface area (Å²) in [5.74, 6) is 0. The summed E-state index contributed by atoms with van der Waals surface area (Å²) in [7, 11) is 3.72. The van der Waals surface area contributed by atoms with Crippen LogP contribution in [0.3, 0.4) is 0 Å². The van der Waals surface area contributed by atoms with Crippen LogP contribution in [0.5, 0.6) is 0 Å². The number of hydrogen-bond acceptors (Lipinski definition) is 1. The molecule has 86 valence electrons. The molecule has 0 bridgehead atoms. The summed E-state index contributed by atoms with van der Waals surface area (Å²) in [6, 6.07) is 19.1. The fourth-order valence-corrected chi connectivity index (χ4v) is 2.10. The molecule has 0 aromatic heterocycles. The molecule has 2 nitrogen and oxygen atoms in total. The van der Waals surface area contributed by atoms with E-state index < -0.39 is 10.2 Å². The topological polar surface area (TPSA) is 29.4 Å². The third-order valence-electron chi connectivity index (χ3n) is 2.26. The molecule has 1 atom stereocenters. The van der Waals surface area contributed by atoms with Crippen molar-refractivity contribution in [3.8, 4) is 0 Å². The highest BCUT2D eigenvalue weighted by molar-refractivity contribution is 8.07. The molecule has 0 radical (unpaired) electrons. The van der Waals surface area contributed by atoms with Crippen molar-refractivity contribution in [2.24, 2.45) is 4.40 Å². The van der Waals surface area contributed by atoms with Crippen LogP contribution in [0.4, 0.5) is 0 Å². The van der Waals surface area contributed by atoms with Crippen molar-refractivity contribution in [2.75, 3.05) is 0 Å². The van der Waals surface area contributed by atoms with Crippen LogP contribution in [0.25, 0.3) is 0 Å². The summed E-state index contributed by atoms with van der Waals surface area (Å²) >= 11 is 0. The van der Waals surface area contributed by atoms with Crippen molar-refractivity contribution in [1.29, 1.82) is 0 Å². The van der Waals surface area contributed by atoms with Crippen molar-refractivity contribution in [3.63, 3.8) is 0 Å². The third-order valence-corrected chi connectivity index (χ3v) is 2.79. The standard InChI is InChI=1S/C13H10ClNOS/c14-17(16)15-13(11-7-3-1-4-8-11)12-9-5-2-6-10-12/h1-10H. The zero-order valence-electron chi connectivity index (χ0n) is 8.92. The Balaban J connectivity index is 2.51. The van der Waals surface area contributed by atoms with Gasteiger partial charge in [-0.15, -0.1) is 0 Å². The molecule has 0 spiro atoms. The second-order valence-electron chi connectivity index (χ2n) is 3.38. The number of halogens is 1. The molecule has 0 aliphatic heterocycles. The monoisotopic (exact) mass is 263 g/mol. The van der Waals surface area contributed by atoms with Gasteiger partial charge in [0.25, 0.3) is 0 Å². The van der Waals surface area contributed by atoms with E-state index in [0.717, 1.165) is 11.1 Å². The minimum absolute atomic E-state index is 0.638. The molecule has 0 fully saturated rings. The van der Waals surface area contributed by atoms with Crippen molar-refractivity contribution < 1.29 is 4.21 Å². The van der Waals surface area contributed by atoms with E-state index in [1.165, 1.54) is 0 Å². The van der Waals surface area contributed by atoms with Crippen molar-refractivity contribution >= 4 is 26.6 Å². The second-order valence-corrected chi connectivity index (χ2v) is 4.77. The van der Waals surface area contributed by atoms with Gasteiger partial charge in [-0.05, 0) is 0 Å². The number of hydrogen-bond donors (Lipinski definition) is 0. The summed E-state index contributed by atoms with van der Waals surface area (Å²) in [6.07, 6.45) is 0. The largest absolute Gasteiger partial charge is 0.238 e. The first kappa shape index (κ1) is 12.0. The highest BCUT2D eigenvalue weighted by atomic mass is 35.7. The van der Waals surface area contributed by atoms with Gasteiger partial charge in [0.05, 0.1) is 5.71 Å². The lowest BCUT2D eigenvalue weighted by Gasteiger charge is -2.05. The van der Waals surface area contributed by atoms with E-state index in [9.17, 15) is 4.21 Å². The van der Waals surface area contributed by atoms with E-state index in [1.54, 1.807) is 0 Å². The summed E-state index contributed by atoms with van der Waals surface area (Å²) in [4.78, 5) is 0. The lowest BCUT2D eigenvalue weighted by atomic mass is 10.0. The predicted molar refractivity (Wildman–Crippen MR) is 72.5 cm³/mol. The molecule has 2 aromatic rings. The summed E-state index contributed by atoms with van der Waals surface area (Å²) in [5, 5.41) is 0. The van der Waals surface area contributed by atoms with Gasteiger partial charge in [-0.3, -0.25) is 0 Å². The molecule has 0 aliphatic rings. The Labute approximate surface area is 107 Å². The van der Waals surface area contributed by atoms with Crippen molar-refractivity contribution in [3.05, 3.63) is 71.8 Å². The van der Waals surface area contributed by atoms with Crippen molar-refractivity contribution in [2.45, 2.75) is 0 Å². The minimum Gasteiger partial charge on any atom is -0.217 e. The zero-order chi connectivity index (χ0) is 12.1. The minimum atomic E-state index is -1.74. The van der Waals surface area contributed by atoms with Crippen LogP contribution in [0.15, 0.2) is 65.1 Å². The van der Waals surface area contributed by atoms with E-state index in [-0.39, 0.29) is 0 Å². The molecule has 0 saturated carbocycles. The van der Waals surface area contributed by atoms with Crippen LogP contribution in [-0.2, 0) is 10.2 Å². The Morgan fingerprint density at radius 1 is 0.882 bits per heavy atom. The maximum Gasteiger partial charge on any atom is 0.238 e. The van der Waals surface area contributed by atoms with Crippen LogP contribution >= 0.6 is 10.7 Å². The van der Waals surface area contributed by atoms with E-state index >= 15 is 0 Å². The van der Waals surface area contributed by atoms with Gasteiger partial charge in [0.1, 0.15) is 0 Å². The first-order chi connectivity index (χ1) is 8.27.